The predicted molar refractivity (Wildman–Crippen MR) is 59.7 cm³/mol. The van der Waals surface area contributed by atoms with Crippen molar-refractivity contribution in [1.29, 1.82) is 0 Å². The van der Waals surface area contributed by atoms with Crippen LogP contribution in [0.1, 0.15) is 5.56 Å². The molecule has 0 unspecified atom stereocenters. The molecule has 0 heterocycles. The fraction of sp³-hybridized carbons (Fsp3) is 0.333. The van der Waals surface area contributed by atoms with Gasteiger partial charge < -0.3 is 9.64 Å². The maximum atomic E-state index is 13.3. The van der Waals surface area contributed by atoms with E-state index in [1.807, 2.05) is 0 Å². The average Bonchev–Trinajstić information content (AvgIpc) is 2.34. The summed E-state index contributed by atoms with van der Waals surface area (Å²) in [7, 11) is 2.59. The van der Waals surface area contributed by atoms with Gasteiger partial charge in [-0.3, -0.25) is 9.59 Å². The van der Waals surface area contributed by atoms with Crippen molar-refractivity contribution in [1.82, 2.24) is 4.90 Å². The second-order valence-electron chi connectivity index (χ2n) is 3.72. The molecule has 0 aliphatic heterocycles. The van der Waals surface area contributed by atoms with Crippen molar-refractivity contribution in [2.75, 3.05) is 20.7 Å². The summed E-state index contributed by atoms with van der Waals surface area (Å²) in [6, 6.07) is 3.62. The number of benzene rings is 1. The van der Waals surface area contributed by atoms with Gasteiger partial charge in [0.1, 0.15) is 6.54 Å². The fourth-order valence-corrected chi connectivity index (χ4v) is 1.33. The lowest BCUT2D eigenvalue weighted by molar-refractivity contribution is -0.145. The molecule has 1 rings (SSSR count). The molecule has 0 aliphatic carbocycles. The first-order valence-electron chi connectivity index (χ1n) is 5.19. The number of hydrogen-bond donors (Lipinski definition) is 0. The van der Waals surface area contributed by atoms with Crippen molar-refractivity contribution in [2.24, 2.45) is 0 Å². The Balaban J connectivity index is 2.70. The molecule has 0 saturated heterocycles. The summed E-state index contributed by atoms with van der Waals surface area (Å²) >= 11 is 0. The van der Waals surface area contributed by atoms with Gasteiger partial charge in [0, 0.05) is 12.6 Å². The van der Waals surface area contributed by atoms with Gasteiger partial charge in [-0.15, -0.1) is 0 Å². The van der Waals surface area contributed by atoms with E-state index < -0.39 is 23.5 Å². The van der Waals surface area contributed by atoms with Gasteiger partial charge in [0.15, 0.2) is 11.6 Å². The maximum absolute atomic E-state index is 13.3. The van der Waals surface area contributed by atoms with E-state index in [4.69, 9.17) is 0 Å². The SMILES string of the molecule is COC(=O)CN(C)C(=O)Cc1cccc(F)c1F. The molecule has 6 heteroatoms. The Labute approximate surface area is 103 Å². The minimum Gasteiger partial charge on any atom is -0.468 e. The maximum Gasteiger partial charge on any atom is 0.325 e. The van der Waals surface area contributed by atoms with Crippen LogP contribution in [0.25, 0.3) is 0 Å². The van der Waals surface area contributed by atoms with E-state index in [1.165, 1.54) is 26.3 Å². The van der Waals surface area contributed by atoms with Gasteiger partial charge in [0.25, 0.3) is 0 Å². The molecule has 98 valence electrons. The summed E-state index contributed by atoms with van der Waals surface area (Å²) < 4.78 is 30.6. The Bertz CT molecular complexity index is 463. The number of carbonyl (C=O) groups excluding carboxylic acids is 2. The van der Waals surface area contributed by atoms with E-state index in [1.54, 1.807) is 0 Å². The zero-order valence-corrected chi connectivity index (χ0v) is 10.1. The zero-order valence-electron chi connectivity index (χ0n) is 10.1. The molecule has 0 aliphatic rings. The van der Waals surface area contributed by atoms with Crippen LogP contribution in [-0.2, 0) is 20.7 Å². The predicted octanol–water partition coefficient (Wildman–Crippen LogP) is 1.14. The number of halogens is 2. The Hall–Kier alpha value is -1.98. The number of hydrogen-bond acceptors (Lipinski definition) is 3. The van der Waals surface area contributed by atoms with Crippen LogP contribution in [0.5, 0.6) is 0 Å². The molecule has 0 atom stereocenters. The largest absolute Gasteiger partial charge is 0.468 e. The van der Waals surface area contributed by atoms with Crippen molar-refractivity contribution in [3.05, 3.63) is 35.4 Å². The third kappa shape index (κ3) is 3.51. The molecule has 18 heavy (non-hydrogen) atoms. The highest BCUT2D eigenvalue weighted by Gasteiger charge is 2.16. The van der Waals surface area contributed by atoms with Gasteiger partial charge in [-0.2, -0.15) is 0 Å². The smallest absolute Gasteiger partial charge is 0.325 e. The molecule has 4 nitrogen and oxygen atoms in total. The standard InChI is InChI=1S/C12H13F2NO3/c1-15(7-11(17)18-2)10(16)6-8-4-3-5-9(13)12(8)14/h3-5H,6-7H2,1-2H3. The minimum atomic E-state index is -1.04. The summed E-state index contributed by atoms with van der Waals surface area (Å²) in [5.41, 5.74) is -0.0447. The first-order valence-corrected chi connectivity index (χ1v) is 5.19. The van der Waals surface area contributed by atoms with E-state index in [-0.39, 0.29) is 18.5 Å². The summed E-state index contributed by atoms with van der Waals surface area (Å²) in [5.74, 6) is -3.12. The molecule has 0 radical (unpaired) electrons. The molecule has 1 aromatic carbocycles. The van der Waals surface area contributed by atoms with Gasteiger partial charge >= 0.3 is 5.97 Å². The molecule has 0 saturated carbocycles. The van der Waals surface area contributed by atoms with Crippen LogP contribution in [0.3, 0.4) is 0 Å². The van der Waals surface area contributed by atoms with E-state index in [0.717, 1.165) is 11.0 Å². The molecule has 0 spiro atoms. The Kier molecular flexibility index (Phi) is 4.76. The quantitative estimate of drug-likeness (QED) is 0.760. The first kappa shape index (κ1) is 14.1. The van der Waals surface area contributed by atoms with E-state index in [9.17, 15) is 18.4 Å². The third-order valence-electron chi connectivity index (χ3n) is 2.39. The molecular weight excluding hydrogens is 244 g/mol. The Morgan fingerprint density at radius 2 is 2.00 bits per heavy atom. The highest BCUT2D eigenvalue weighted by Crippen LogP contribution is 2.12. The van der Waals surface area contributed by atoms with Crippen molar-refractivity contribution >= 4 is 11.9 Å². The van der Waals surface area contributed by atoms with Gasteiger partial charge in [-0.25, -0.2) is 8.78 Å². The van der Waals surface area contributed by atoms with E-state index >= 15 is 0 Å². The van der Waals surface area contributed by atoms with Crippen LogP contribution in [0, 0.1) is 11.6 Å². The van der Waals surface area contributed by atoms with Crippen LogP contribution in [0.15, 0.2) is 18.2 Å². The van der Waals surface area contributed by atoms with Crippen LogP contribution >= 0.6 is 0 Å². The summed E-state index contributed by atoms with van der Waals surface area (Å²) in [5, 5.41) is 0. The first-order chi connectivity index (χ1) is 8.45. The van der Waals surface area contributed by atoms with E-state index in [2.05, 4.69) is 4.74 Å². The lowest BCUT2D eigenvalue weighted by atomic mass is 10.1. The summed E-state index contributed by atoms with van der Waals surface area (Å²) in [6.45, 7) is -0.230. The zero-order chi connectivity index (χ0) is 13.7. The second-order valence-corrected chi connectivity index (χ2v) is 3.72. The van der Waals surface area contributed by atoms with E-state index in [0.29, 0.717) is 0 Å². The Morgan fingerprint density at radius 3 is 2.61 bits per heavy atom. The lowest BCUT2D eigenvalue weighted by Gasteiger charge is -2.15. The van der Waals surface area contributed by atoms with Crippen LogP contribution in [0.4, 0.5) is 8.78 Å². The normalized spacial score (nSPS) is 10.0. The van der Waals surface area contributed by atoms with Crippen LogP contribution in [0.2, 0.25) is 0 Å². The molecule has 0 N–H and O–H groups in total. The number of rotatable bonds is 4. The minimum absolute atomic E-state index is 0.0447. The monoisotopic (exact) mass is 257 g/mol. The molecule has 1 amide bonds. The van der Waals surface area contributed by atoms with Crippen molar-refractivity contribution < 1.29 is 23.1 Å². The number of ether oxygens (including phenoxy) is 1. The molecule has 0 aromatic heterocycles. The molecule has 0 bridgehead atoms. The summed E-state index contributed by atoms with van der Waals surface area (Å²) in [4.78, 5) is 23.7. The fourth-order valence-electron chi connectivity index (χ4n) is 1.33. The van der Waals surface area contributed by atoms with Gasteiger partial charge in [0.2, 0.25) is 5.91 Å². The molecule has 1 aromatic rings. The average molecular weight is 257 g/mol. The van der Waals surface area contributed by atoms with Crippen LogP contribution in [-0.4, -0.2) is 37.5 Å². The summed E-state index contributed by atoms with van der Waals surface area (Å²) in [6.07, 6.45) is -0.308. The van der Waals surface area contributed by atoms with Crippen molar-refractivity contribution in [3.63, 3.8) is 0 Å². The van der Waals surface area contributed by atoms with Gasteiger partial charge in [-0.05, 0) is 6.07 Å². The molecular formula is C12H13F2NO3. The topological polar surface area (TPSA) is 46.6 Å². The number of amides is 1. The number of nitrogens with zero attached hydrogens (tertiary/aromatic N) is 1. The third-order valence-corrected chi connectivity index (χ3v) is 2.39. The molecule has 0 fully saturated rings. The van der Waals surface area contributed by atoms with Crippen molar-refractivity contribution in [3.8, 4) is 0 Å². The highest BCUT2D eigenvalue weighted by atomic mass is 19.2. The number of esters is 1. The second kappa shape index (κ2) is 6.09. The highest BCUT2D eigenvalue weighted by molar-refractivity contribution is 5.83. The van der Waals surface area contributed by atoms with Crippen LogP contribution < -0.4 is 0 Å². The number of carbonyl (C=O) groups is 2. The lowest BCUT2D eigenvalue weighted by Crippen LogP contribution is -2.33. The Morgan fingerprint density at radius 1 is 1.33 bits per heavy atom. The van der Waals surface area contributed by atoms with Gasteiger partial charge in [0.05, 0.1) is 13.5 Å². The number of methoxy groups -OCH3 is 1. The van der Waals surface area contributed by atoms with Crippen molar-refractivity contribution in [2.45, 2.75) is 6.42 Å². The number of likely N-dealkylation sites (N-methyl/N-ethyl adjacent to an activating group) is 1. The van der Waals surface area contributed by atoms with Gasteiger partial charge in [-0.1, -0.05) is 12.1 Å².